The lowest BCUT2D eigenvalue weighted by Crippen LogP contribution is -2.28. The van der Waals surface area contributed by atoms with Gasteiger partial charge in [-0.3, -0.25) is 0 Å². The van der Waals surface area contributed by atoms with E-state index < -0.39 is 9.04 Å². The molecule has 0 unspecified atom stereocenters. The molecular weight excluding hydrogens is 188 g/mol. The highest BCUT2D eigenvalue weighted by Crippen LogP contribution is 2.40. The fourth-order valence-electron chi connectivity index (χ4n) is 0.862. The highest BCUT2D eigenvalue weighted by atomic mass is 28.3. The molecule has 0 aliphatic rings. The third-order valence-electron chi connectivity index (χ3n) is 3.11. The second kappa shape index (κ2) is 5.01. The first kappa shape index (κ1) is 13.8. The molecule has 0 aliphatic heterocycles. The van der Waals surface area contributed by atoms with Crippen LogP contribution in [0.3, 0.4) is 0 Å². The van der Waals surface area contributed by atoms with Crippen LogP contribution in [0.5, 0.6) is 0 Å². The monoisotopic (exact) mass is 214 g/mol. The summed E-state index contributed by atoms with van der Waals surface area (Å²) in [7, 11) is -0.885. The summed E-state index contributed by atoms with van der Waals surface area (Å²) in [6, 6.07) is 0. The molecule has 0 fully saturated rings. The number of allylic oxidation sites excluding steroid dienone is 1. The van der Waals surface area contributed by atoms with Gasteiger partial charge in [-0.25, -0.2) is 0 Å². The van der Waals surface area contributed by atoms with Crippen molar-refractivity contribution in [2.45, 2.75) is 54.1 Å². The van der Waals surface area contributed by atoms with Crippen molar-refractivity contribution in [2.75, 3.05) is 0 Å². The van der Waals surface area contributed by atoms with E-state index in [1.165, 1.54) is 0 Å². The molecule has 0 saturated heterocycles. The Hall–Kier alpha value is -0.243. The van der Waals surface area contributed by atoms with E-state index in [0.717, 1.165) is 6.42 Å². The van der Waals surface area contributed by atoms with E-state index in [1.54, 1.807) is 0 Å². The summed E-state index contributed by atoms with van der Waals surface area (Å²) in [6.45, 7) is 15.9. The third-order valence-corrected chi connectivity index (χ3v) is 3.81. The molecule has 0 aliphatic carbocycles. The summed E-state index contributed by atoms with van der Waals surface area (Å²) >= 11 is 0. The molecule has 1 nitrogen and oxygen atoms in total. The molecular formula is C12H26OSi. The maximum absolute atomic E-state index is 5.51. The molecule has 0 amide bonds. The van der Waals surface area contributed by atoms with Crippen LogP contribution in [0.25, 0.3) is 0 Å². The van der Waals surface area contributed by atoms with Gasteiger partial charge >= 0.3 is 0 Å². The Bertz CT molecular complexity index is 187. The maximum Gasteiger partial charge on any atom is 0.228 e. The third kappa shape index (κ3) is 4.84. The molecule has 0 aromatic rings. The van der Waals surface area contributed by atoms with Crippen LogP contribution in [0.1, 0.15) is 41.0 Å². The Morgan fingerprint density at radius 2 is 1.57 bits per heavy atom. The zero-order valence-electron chi connectivity index (χ0n) is 10.8. The first-order chi connectivity index (χ1) is 6.17. The van der Waals surface area contributed by atoms with Crippen molar-refractivity contribution in [3.63, 3.8) is 0 Å². The molecule has 0 spiro atoms. The predicted molar refractivity (Wildman–Crippen MR) is 67.0 cm³/mol. The van der Waals surface area contributed by atoms with Gasteiger partial charge in [-0.05, 0) is 30.3 Å². The predicted octanol–water partition coefficient (Wildman–Crippen LogP) is 3.96. The van der Waals surface area contributed by atoms with Gasteiger partial charge in [-0.2, -0.15) is 0 Å². The Balaban J connectivity index is 4.06. The summed E-state index contributed by atoms with van der Waals surface area (Å²) in [5.41, 5.74) is 0.665. The number of rotatable bonds is 4. The lowest BCUT2D eigenvalue weighted by molar-refractivity contribution is 0.135. The Morgan fingerprint density at radius 3 is 1.93 bits per heavy atom. The molecule has 0 heterocycles. The minimum atomic E-state index is -0.885. The number of hydrogen-bond donors (Lipinski definition) is 0. The zero-order valence-corrected chi connectivity index (χ0v) is 12.0. The second-order valence-corrected chi connectivity index (χ2v) is 8.26. The second-order valence-electron chi connectivity index (χ2n) is 5.89. The molecule has 2 heteroatoms. The van der Waals surface area contributed by atoms with E-state index in [0.29, 0.717) is 10.8 Å². The Labute approximate surface area is 91.3 Å². The van der Waals surface area contributed by atoms with Gasteiger partial charge in [0.05, 0.1) is 6.26 Å². The Kier molecular flexibility index (Phi) is 4.92. The molecule has 0 N–H and O–H groups in total. The average molecular weight is 214 g/mol. The highest BCUT2D eigenvalue weighted by Gasteiger charge is 2.31. The summed E-state index contributed by atoms with van der Waals surface area (Å²) in [4.78, 5) is 0. The van der Waals surface area contributed by atoms with E-state index in [-0.39, 0.29) is 0 Å². The van der Waals surface area contributed by atoms with Gasteiger partial charge in [0, 0.05) is 0 Å². The van der Waals surface area contributed by atoms with Crippen molar-refractivity contribution in [3.05, 3.63) is 12.3 Å². The fraction of sp³-hybridized carbons (Fsp3) is 0.833. The van der Waals surface area contributed by atoms with E-state index >= 15 is 0 Å². The molecule has 0 aromatic carbocycles. The van der Waals surface area contributed by atoms with Crippen LogP contribution in [0, 0.1) is 10.8 Å². The summed E-state index contributed by atoms with van der Waals surface area (Å²) in [5.74, 6) is 0. The van der Waals surface area contributed by atoms with E-state index in [1.807, 2.05) is 6.26 Å². The van der Waals surface area contributed by atoms with E-state index in [2.05, 4.69) is 53.8 Å². The molecule has 0 radical (unpaired) electrons. The minimum Gasteiger partial charge on any atom is -0.553 e. The van der Waals surface area contributed by atoms with Gasteiger partial charge in [-0.15, -0.1) is 0 Å². The topological polar surface area (TPSA) is 9.23 Å². The summed E-state index contributed by atoms with van der Waals surface area (Å²) in [5, 5.41) is 0. The van der Waals surface area contributed by atoms with Crippen LogP contribution in [0.4, 0.5) is 0 Å². The quantitative estimate of drug-likeness (QED) is 0.508. The van der Waals surface area contributed by atoms with Crippen molar-refractivity contribution >= 4 is 9.04 Å². The smallest absolute Gasteiger partial charge is 0.228 e. The van der Waals surface area contributed by atoms with Crippen molar-refractivity contribution in [3.8, 4) is 0 Å². The molecule has 84 valence electrons. The van der Waals surface area contributed by atoms with E-state index in [9.17, 15) is 0 Å². The molecule has 0 aromatic heterocycles. The molecule has 0 atom stereocenters. The van der Waals surface area contributed by atoms with Gasteiger partial charge in [-0.1, -0.05) is 40.7 Å². The van der Waals surface area contributed by atoms with Crippen molar-refractivity contribution < 1.29 is 4.43 Å². The van der Waals surface area contributed by atoms with Gasteiger partial charge in [0.2, 0.25) is 9.04 Å². The minimum absolute atomic E-state index is 0.325. The van der Waals surface area contributed by atoms with Crippen LogP contribution in [0.2, 0.25) is 13.1 Å². The van der Waals surface area contributed by atoms with Gasteiger partial charge < -0.3 is 4.43 Å². The molecule has 0 saturated carbocycles. The van der Waals surface area contributed by atoms with Crippen LogP contribution in [-0.2, 0) is 4.43 Å². The van der Waals surface area contributed by atoms with Crippen molar-refractivity contribution in [1.29, 1.82) is 0 Å². The molecule has 0 bridgehead atoms. The number of hydrogen-bond acceptors (Lipinski definition) is 1. The molecule has 14 heavy (non-hydrogen) atoms. The first-order valence-electron chi connectivity index (χ1n) is 5.47. The van der Waals surface area contributed by atoms with E-state index in [4.69, 9.17) is 4.43 Å². The standard InChI is InChI=1S/C12H26OSi/c1-11(2,3)12(4,5)9-8-10-13-14(6)7/h8,10,14H,9H2,1-7H3. The molecule has 0 rings (SSSR count). The zero-order chi connectivity index (χ0) is 11.4. The Morgan fingerprint density at radius 1 is 1.07 bits per heavy atom. The summed E-state index contributed by atoms with van der Waals surface area (Å²) < 4.78 is 5.51. The van der Waals surface area contributed by atoms with Crippen LogP contribution >= 0.6 is 0 Å². The highest BCUT2D eigenvalue weighted by molar-refractivity contribution is 6.48. The van der Waals surface area contributed by atoms with Crippen LogP contribution in [-0.4, -0.2) is 9.04 Å². The lowest BCUT2D eigenvalue weighted by atomic mass is 9.67. The summed E-state index contributed by atoms with van der Waals surface area (Å²) in [6.07, 6.45) is 5.14. The largest absolute Gasteiger partial charge is 0.553 e. The van der Waals surface area contributed by atoms with Gasteiger partial charge in [0.15, 0.2) is 0 Å². The van der Waals surface area contributed by atoms with Crippen molar-refractivity contribution in [1.82, 2.24) is 0 Å². The normalized spacial score (nSPS) is 14.0. The lowest BCUT2D eigenvalue weighted by Gasteiger charge is -2.38. The van der Waals surface area contributed by atoms with Gasteiger partial charge in [0.1, 0.15) is 0 Å². The average Bonchev–Trinajstić information content (AvgIpc) is 1.95. The fourth-order valence-corrected chi connectivity index (χ4v) is 1.29. The van der Waals surface area contributed by atoms with Crippen LogP contribution in [0.15, 0.2) is 12.3 Å². The maximum atomic E-state index is 5.51. The van der Waals surface area contributed by atoms with Crippen LogP contribution < -0.4 is 0 Å². The first-order valence-corrected chi connectivity index (χ1v) is 8.25. The van der Waals surface area contributed by atoms with Gasteiger partial charge in [0.25, 0.3) is 0 Å². The SMILES string of the molecule is C[SiH](C)OC=CCC(C)(C)C(C)(C)C. The van der Waals surface area contributed by atoms with Crippen molar-refractivity contribution in [2.24, 2.45) is 10.8 Å².